The topological polar surface area (TPSA) is 60.0 Å². The normalized spacial score (nSPS) is 14.1. The zero-order chi connectivity index (χ0) is 21.2. The number of hydrogen-bond donors (Lipinski definition) is 2. The van der Waals surface area contributed by atoms with Crippen LogP contribution in [0.5, 0.6) is 0 Å². The predicted octanol–water partition coefficient (Wildman–Crippen LogP) is 2.89. The highest BCUT2D eigenvalue weighted by molar-refractivity contribution is 14.0. The molecule has 0 atom stereocenters. The van der Waals surface area contributed by atoms with E-state index in [1.165, 1.54) is 17.8 Å². The Hall–Kier alpha value is -2.36. The summed E-state index contributed by atoms with van der Waals surface area (Å²) in [6, 6.07) is 16.8. The first-order chi connectivity index (χ1) is 14.7. The van der Waals surface area contributed by atoms with E-state index in [0.717, 1.165) is 25.1 Å². The molecule has 1 aliphatic rings. The zero-order valence-electron chi connectivity index (χ0n) is 17.9. The van der Waals surface area contributed by atoms with Crippen LogP contribution in [0.15, 0.2) is 59.6 Å². The molecule has 0 aromatic heterocycles. The lowest BCUT2D eigenvalue weighted by Gasteiger charge is -2.36. The number of amides is 1. The number of benzene rings is 2. The Balaban J connectivity index is 0.00000341. The number of carbonyl (C=O) groups is 1. The Labute approximate surface area is 200 Å². The van der Waals surface area contributed by atoms with Crippen LogP contribution in [0.3, 0.4) is 0 Å². The first kappa shape index (κ1) is 24.9. The van der Waals surface area contributed by atoms with E-state index in [-0.39, 0.29) is 42.2 Å². The fraction of sp³-hybridized carbons (Fsp3) is 0.391. The molecule has 1 aliphatic heterocycles. The van der Waals surface area contributed by atoms with Crippen molar-refractivity contribution in [3.8, 4) is 0 Å². The number of para-hydroxylation sites is 1. The quantitative estimate of drug-likeness (QED) is 0.323. The summed E-state index contributed by atoms with van der Waals surface area (Å²) in [6.07, 6.45) is 0.750. The summed E-state index contributed by atoms with van der Waals surface area (Å²) in [5, 5.41) is 6.40. The molecule has 1 saturated heterocycles. The number of anilines is 1. The van der Waals surface area contributed by atoms with Gasteiger partial charge in [0.1, 0.15) is 12.4 Å². The van der Waals surface area contributed by atoms with Gasteiger partial charge in [0.05, 0.1) is 0 Å². The van der Waals surface area contributed by atoms with E-state index in [9.17, 15) is 9.18 Å². The van der Waals surface area contributed by atoms with Crippen molar-refractivity contribution in [3.05, 3.63) is 66.0 Å². The maximum absolute atomic E-state index is 13.0. The molecule has 168 valence electrons. The van der Waals surface area contributed by atoms with Crippen LogP contribution in [-0.4, -0.2) is 62.6 Å². The van der Waals surface area contributed by atoms with E-state index in [1.54, 1.807) is 12.1 Å². The minimum absolute atomic E-state index is 0. The molecule has 2 N–H and O–H groups in total. The lowest BCUT2D eigenvalue weighted by atomic mass is 10.1. The van der Waals surface area contributed by atoms with Crippen LogP contribution >= 0.6 is 24.0 Å². The molecule has 1 fully saturated rings. The van der Waals surface area contributed by atoms with Crippen LogP contribution in [0.2, 0.25) is 0 Å². The molecule has 8 heteroatoms. The summed E-state index contributed by atoms with van der Waals surface area (Å²) in [5.41, 5.74) is 2.24. The molecule has 2 aromatic rings. The Kier molecular flexibility index (Phi) is 10.6. The van der Waals surface area contributed by atoms with Gasteiger partial charge in [0.25, 0.3) is 0 Å². The average molecular weight is 539 g/mol. The second-order valence-corrected chi connectivity index (χ2v) is 7.20. The van der Waals surface area contributed by atoms with Crippen molar-refractivity contribution >= 4 is 41.5 Å². The summed E-state index contributed by atoms with van der Waals surface area (Å²) in [6.45, 7) is 6.55. The van der Waals surface area contributed by atoms with Gasteiger partial charge in [-0.05, 0) is 43.2 Å². The molecular formula is C23H31FIN5O. The number of nitrogens with zero attached hydrogens (tertiary/aromatic N) is 3. The molecule has 31 heavy (non-hydrogen) atoms. The van der Waals surface area contributed by atoms with Gasteiger partial charge in [0, 0.05) is 45.0 Å². The number of nitrogens with one attached hydrogen (secondary N) is 2. The molecule has 0 bridgehead atoms. The number of halogens is 2. The Morgan fingerprint density at radius 2 is 1.68 bits per heavy atom. The van der Waals surface area contributed by atoms with Crippen LogP contribution in [0, 0.1) is 5.82 Å². The SMILES string of the molecule is CCNC(=NCC(=O)N1CCN(c2ccccc2)CC1)NCCc1ccc(F)cc1.I. The Morgan fingerprint density at radius 1 is 1.00 bits per heavy atom. The third-order valence-electron chi connectivity index (χ3n) is 5.09. The minimum Gasteiger partial charge on any atom is -0.368 e. The van der Waals surface area contributed by atoms with Crippen molar-refractivity contribution in [2.75, 3.05) is 50.7 Å². The zero-order valence-corrected chi connectivity index (χ0v) is 20.2. The van der Waals surface area contributed by atoms with Gasteiger partial charge in [-0.3, -0.25) is 4.79 Å². The first-order valence-corrected chi connectivity index (χ1v) is 10.5. The van der Waals surface area contributed by atoms with Crippen LogP contribution in [0.4, 0.5) is 10.1 Å². The molecule has 0 saturated carbocycles. The summed E-state index contributed by atoms with van der Waals surface area (Å²) in [7, 11) is 0. The number of rotatable bonds is 7. The Morgan fingerprint density at radius 3 is 2.32 bits per heavy atom. The molecule has 1 amide bonds. The molecule has 0 unspecified atom stereocenters. The second-order valence-electron chi connectivity index (χ2n) is 7.20. The molecule has 0 radical (unpaired) electrons. The Bertz CT molecular complexity index is 824. The van der Waals surface area contributed by atoms with Gasteiger partial charge >= 0.3 is 0 Å². The fourth-order valence-corrected chi connectivity index (χ4v) is 3.42. The third kappa shape index (κ3) is 8.01. The van der Waals surface area contributed by atoms with Crippen LogP contribution in [0.25, 0.3) is 0 Å². The number of hydrogen-bond acceptors (Lipinski definition) is 3. The molecule has 0 spiro atoms. The number of aliphatic imine (C=N–C) groups is 1. The third-order valence-corrected chi connectivity index (χ3v) is 5.09. The van der Waals surface area contributed by atoms with E-state index in [1.807, 2.05) is 30.0 Å². The number of guanidine groups is 1. The van der Waals surface area contributed by atoms with E-state index < -0.39 is 0 Å². The van der Waals surface area contributed by atoms with Gasteiger partial charge in [-0.25, -0.2) is 9.38 Å². The maximum Gasteiger partial charge on any atom is 0.244 e. The molecule has 6 nitrogen and oxygen atoms in total. The van der Waals surface area contributed by atoms with Gasteiger partial charge in [-0.1, -0.05) is 30.3 Å². The molecule has 0 aliphatic carbocycles. The number of carbonyl (C=O) groups excluding carboxylic acids is 1. The van der Waals surface area contributed by atoms with Crippen molar-refractivity contribution in [1.82, 2.24) is 15.5 Å². The highest BCUT2D eigenvalue weighted by Gasteiger charge is 2.20. The van der Waals surface area contributed by atoms with E-state index in [0.29, 0.717) is 32.1 Å². The van der Waals surface area contributed by atoms with E-state index in [2.05, 4.69) is 32.7 Å². The van der Waals surface area contributed by atoms with Crippen molar-refractivity contribution in [2.45, 2.75) is 13.3 Å². The maximum atomic E-state index is 13.0. The van der Waals surface area contributed by atoms with Crippen molar-refractivity contribution in [3.63, 3.8) is 0 Å². The smallest absolute Gasteiger partial charge is 0.244 e. The summed E-state index contributed by atoms with van der Waals surface area (Å²) in [4.78, 5) is 21.2. The largest absolute Gasteiger partial charge is 0.368 e. The van der Waals surface area contributed by atoms with Gasteiger partial charge in [0.15, 0.2) is 5.96 Å². The molecular weight excluding hydrogens is 508 g/mol. The van der Waals surface area contributed by atoms with Gasteiger partial charge in [-0.2, -0.15) is 0 Å². The fourth-order valence-electron chi connectivity index (χ4n) is 3.42. The van der Waals surface area contributed by atoms with E-state index in [4.69, 9.17) is 0 Å². The highest BCUT2D eigenvalue weighted by atomic mass is 127. The second kappa shape index (κ2) is 13.1. The van der Waals surface area contributed by atoms with Crippen molar-refractivity contribution in [1.29, 1.82) is 0 Å². The number of piperazine rings is 1. The monoisotopic (exact) mass is 539 g/mol. The summed E-state index contributed by atoms with van der Waals surface area (Å²) in [5.74, 6) is 0.430. The summed E-state index contributed by atoms with van der Waals surface area (Å²) >= 11 is 0. The molecule has 1 heterocycles. The average Bonchev–Trinajstić information content (AvgIpc) is 2.79. The minimum atomic E-state index is -0.232. The van der Waals surface area contributed by atoms with Gasteiger partial charge in [-0.15, -0.1) is 24.0 Å². The van der Waals surface area contributed by atoms with Gasteiger partial charge < -0.3 is 20.4 Å². The van der Waals surface area contributed by atoms with Crippen LogP contribution in [-0.2, 0) is 11.2 Å². The van der Waals surface area contributed by atoms with Crippen LogP contribution < -0.4 is 15.5 Å². The van der Waals surface area contributed by atoms with Crippen molar-refractivity contribution in [2.24, 2.45) is 4.99 Å². The standard InChI is InChI=1S/C23H30FN5O.HI/c1-2-25-23(26-13-12-19-8-10-20(24)11-9-19)27-18-22(30)29-16-14-28(15-17-29)21-6-4-3-5-7-21;/h3-11H,2,12-18H2,1H3,(H2,25,26,27);1H. The highest BCUT2D eigenvalue weighted by Crippen LogP contribution is 2.15. The van der Waals surface area contributed by atoms with E-state index >= 15 is 0 Å². The van der Waals surface area contributed by atoms with Crippen molar-refractivity contribution < 1.29 is 9.18 Å². The first-order valence-electron chi connectivity index (χ1n) is 10.5. The lowest BCUT2D eigenvalue weighted by Crippen LogP contribution is -2.49. The molecule has 2 aromatic carbocycles. The summed E-state index contributed by atoms with van der Waals surface area (Å²) < 4.78 is 13.0. The predicted molar refractivity (Wildman–Crippen MR) is 135 cm³/mol. The van der Waals surface area contributed by atoms with Gasteiger partial charge in [0.2, 0.25) is 5.91 Å². The molecule has 3 rings (SSSR count). The lowest BCUT2D eigenvalue weighted by molar-refractivity contribution is -0.129. The van der Waals surface area contributed by atoms with Crippen LogP contribution in [0.1, 0.15) is 12.5 Å².